The molecule has 1 aliphatic rings. The molecule has 0 aliphatic carbocycles. The average Bonchev–Trinajstić information content (AvgIpc) is 2.52. The molecule has 1 heterocycles. The number of likely N-dealkylation sites (N-methyl/N-ethyl adjacent to an activating group) is 1. The number of hydrogen-bond acceptors (Lipinski definition) is 2. The van der Waals surface area contributed by atoms with Gasteiger partial charge in [-0.1, -0.05) is 24.6 Å². The minimum atomic E-state index is -0.457. The van der Waals surface area contributed by atoms with Crippen molar-refractivity contribution >= 4 is 11.6 Å². The molecule has 0 bridgehead atoms. The van der Waals surface area contributed by atoms with Gasteiger partial charge in [0.1, 0.15) is 6.10 Å². The Morgan fingerprint density at radius 3 is 2.93 bits per heavy atom. The molecule has 0 spiro atoms. The SMILES string of the molecule is CCNC1c2ccc(Cl)c(F)c2OC1C. The molecule has 1 aromatic carbocycles. The molecule has 0 fully saturated rings. The lowest BCUT2D eigenvalue weighted by molar-refractivity contribution is 0.204. The monoisotopic (exact) mass is 229 g/mol. The Bertz CT molecular complexity index is 383. The van der Waals surface area contributed by atoms with Crippen molar-refractivity contribution in [3.63, 3.8) is 0 Å². The van der Waals surface area contributed by atoms with Crippen molar-refractivity contribution < 1.29 is 9.13 Å². The Morgan fingerprint density at radius 2 is 2.27 bits per heavy atom. The minimum Gasteiger partial charge on any atom is -0.485 e. The van der Waals surface area contributed by atoms with Crippen LogP contribution in [-0.4, -0.2) is 12.6 Å². The number of nitrogens with one attached hydrogen (secondary N) is 1. The normalized spacial score (nSPS) is 23.7. The van der Waals surface area contributed by atoms with Crippen LogP contribution in [0, 0.1) is 5.82 Å². The smallest absolute Gasteiger partial charge is 0.183 e. The zero-order valence-electron chi connectivity index (χ0n) is 8.68. The summed E-state index contributed by atoms with van der Waals surface area (Å²) in [5.74, 6) is -0.164. The van der Waals surface area contributed by atoms with Gasteiger partial charge in [-0.05, 0) is 19.5 Å². The summed E-state index contributed by atoms with van der Waals surface area (Å²) in [5.41, 5.74) is 0.853. The highest BCUT2D eigenvalue weighted by molar-refractivity contribution is 6.30. The van der Waals surface area contributed by atoms with Crippen LogP contribution in [0.1, 0.15) is 25.5 Å². The Labute approximate surface area is 93.4 Å². The van der Waals surface area contributed by atoms with E-state index < -0.39 is 5.82 Å². The number of benzene rings is 1. The topological polar surface area (TPSA) is 21.3 Å². The maximum absolute atomic E-state index is 13.6. The summed E-state index contributed by atoms with van der Waals surface area (Å²) < 4.78 is 19.1. The van der Waals surface area contributed by atoms with Gasteiger partial charge in [0.2, 0.25) is 0 Å². The van der Waals surface area contributed by atoms with E-state index in [-0.39, 0.29) is 17.2 Å². The van der Waals surface area contributed by atoms with Gasteiger partial charge in [-0.25, -0.2) is 4.39 Å². The van der Waals surface area contributed by atoms with Gasteiger partial charge in [-0.15, -0.1) is 0 Å². The van der Waals surface area contributed by atoms with Crippen LogP contribution in [0.15, 0.2) is 12.1 Å². The van der Waals surface area contributed by atoms with Gasteiger partial charge in [0.15, 0.2) is 11.6 Å². The van der Waals surface area contributed by atoms with Gasteiger partial charge in [-0.3, -0.25) is 0 Å². The Morgan fingerprint density at radius 1 is 1.53 bits per heavy atom. The lowest BCUT2D eigenvalue weighted by Gasteiger charge is -2.14. The predicted octanol–water partition coefficient (Wildman–Crippen LogP) is 2.91. The first-order chi connectivity index (χ1) is 7.15. The van der Waals surface area contributed by atoms with Crippen molar-refractivity contribution in [3.05, 3.63) is 28.5 Å². The van der Waals surface area contributed by atoms with Crippen molar-refractivity contribution in [1.82, 2.24) is 5.32 Å². The second kappa shape index (κ2) is 3.99. The van der Waals surface area contributed by atoms with Crippen LogP contribution in [0.25, 0.3) is 0 Å². The van der Waals surface area contributed by atoms with Crippen molar-refractivity contribution in [1.29, 1.82) is 0 Å². The zero-order valence-corrected chi connectivity index (χ0v) is 9.44. The molecule has 1 N–H and O–H groups in total. The van der Waals surface area contributed by atoms with Crippen LogP contribution in [0.5, 0.6) is 5.75 Å². The van der Waals surface area contributed by atoms with E-state index >= 15 is 0 Å². The molecule has 0 saturated heterocycles. The highest BCUT2D eigenvalue weighted by atomic mass is 35.5. The lowest BCUT2D eigenvalue weighted by atomic mass is 10.0. The fourth-order valence-electron chi connectivity index (χ4n) is 1.91. The summed E-state index contributed by atoms with van der Waals surface area (Å²) in [4.78, 5) is 0. The van der Waals surface area contributed by atoms with Crippen LogP contribution in [0.3, 0.4) is 0 Å². The summed E-state index contributed by atoms with van der Waals surface area (Å²) in [6, 6.07) is 3.44. The van der Waals surface area contributed by atoms with E-state index in [1.807, 2.05) is 19.9 Å². The fourth-order valence-corrected chi connectivity index (χ4v) is 2.06. The molecule has 1 aromatic rings. The lowest BCUT2D eigenvalue weighted by Crippen LogP contribution is -2.28. The number of rotatable bonds is 2. The van der Waals surface area contributed by atoms with Gasteiger partial charge in [0.25, 0.3) is 0 Å². The molecule has 0 saturated carbocycles. The molecule has 2 nitrogen and oxygen atoms in total. The summed E-state index contributed by atoms with van der Waals surface area (Å²) in [6.45, 7) is 4.75. The van der Waals surface area contributed by atoms with Crippen LogP contribution in [0.2, 0.25) is 5.02 Å². The standard InChI is InChI=1S/C11H13ClFNO/c1-3-14-10-6(2)15-11-7(10)4-5-8(12)9(11)13/h4-6,10,14H,3H2,1-2H3. The molecule has 2 atom stereocenters. The van der Waals surface area contributed by atoms with Crippen LogP contribution < -0.4 is 10.1 Å². The molecule has 4 heteroatoms. The molecule has 15 heavy (non-hydrogen) atoms. The van der Waals surface area contributed by atoms with E-state index in [4.69, 9.17) is 16.3 Å². The van der Waals surface area contributed by atoms with Crippen molar-refractivity contribution in [2.75, 3.05) is 6.54 Å². The second-order valence-corrected chi connectivity index (χ2v) is 4.05. The molecule has 2 unspecified atom stereocenters. The molecule has 1 aliphatic heterocycles. The van der Waals surface area contributed by atoms with E-state index in [2.05, 4.69) is 5.32 Å². The van der Waals surface area contributed by atoms with Crippen molar-refractivity contribution in [3.8, 4) is 5.75 Å². The highest BCUT2D eigenvalue weighted by Gasteiger charge is 2.33. The number of halogens is 2. The third kappa shape index (κ3) is 1.70. The van der Waals surface area contributed by atoms with Crippen LogP contribution in [-0.2, 0) is 0 Å². The summed E-state index contributed by atoms with van der Waals surface area (Å²) in [6.07, 6.45) is -0.0621. The molecular weight excluding hydrogens is 217 g/mol. The summed E-state index contributed by atoms with van der Waals surface area (Å²) >= 11 is 5.69. The van der Waals surface area contributed by atoms with E-state index in [1.165, 1.54) is 0 Å². The first-order valence-electron chi connectivity index (χ1n) is 5.03. The Hall–Kier alpha value is -0.800. The largest absolute Gasteiger partial charge is 0.485 e. The number of ether oxygens (including phenoxy) is 1. The molecule has 0 radical (unpaired) electrons. The van der Waals surface area contributed by atoms with Crippen LogP contribution in [0.4, 0.5) is 4.39 Å². The van der Waals surface area contributed by atoms with Gasteiger partial charge in [-0.2, -0.15) is 0 Å². The van der Waals surface area contributed by atoms with Crippen molar-refractivity contribution in [2.45, 2.75) is 26.0 Å². The Balaban J connectivity index is 2.42. The molecule has 0 amide bonds. The third-order valence-electron chi connectivity index (χ3n) is 2.61. The third-order valence-corrected chi connectivity index (χ3v) is 2.90. The van der Waals surface area contributed by atoms with Gasteiger partial charge < -0.3 is 10.1 Å². The maximum atomic E-state index is 13.6. The molecule has 82 valence electrons. The van der Waals surface area contributed by atoms with E-state index in [0.717, 1.165) is 12.1 Å². The van der Waals surface area contributed by atoms with Gasteiger partial charge >= 0.3 is 0 Å². The number of hydrogen-bond donors (Lipinski definition) is 1. The summed E-state index contributed by atoms with van der Waals surface area (Å²) in [7, 11) is 0. The van der Waals surface area contributed by atoms with Gasteiger partial charge in [0, 0.05) is 5.56 Å². The average molecular weight is 230 g/mol. The predicted molar refractivity (Wildman–Crippen MR) is 57.9 cm³/mol. The van der Waals surface area contributed by atoms with E-state index in [1.54, 1.807) is 6.07 Å². The second-order valence-electron chi connectivity index (χ2n) is 3.64. The van der Waals surface area contributed by atoms with Gasteiger partial charge in [0.05, 0.1) is 11.1 Å². The molecular formula is C11H13ClFNO. The quantitative estimate of drug-likeness (QED) is 0.842. The first-order valence-corrected chi connectivity index (χ1v) is 5.41. The van der Waals surface area contributed by atoms with E-state index in [9.17, 15) is 4.39 Å². The van der Waals surface area contributed by atoms with Crippen molar-refractivity contribution in [2.24, 2.45) is 0 Å². The molecule has 0 aromatic heterocycles. The van der Waals surface area contributed by atoms with Crippen LogP contribution >= 0.6 is 11.6 Å². The zero-order chi connectivity index (χ0) is 11.0. The maximum Gasteiger partial charge on any atom is 0.183 e. The first kappa shape index (κ1) is 10.7. The summed E-state index contributed by atoms with van der Waals surface area (Å²) in [5, 5.41) is 3.37. The number of fused-ring (bicyclic) bond motifs is 1. The molecule has 2 rings (SSSR count). The fraction of sp³-hybridized carbons (Fsp3) is 0.455. The van der Waals surface area contributed by atoms with E-state index in [0.29, 0.717) is 5.75 Å². The Kier molecular flexibility index (Phi) is 2.85. The minimum absolute atomic E-state index is 0.0526. The highest BCUT2D eigenvalue weighted by Crippen LogP contribution is 2.40.